The third kappa shape index (κ3) is 5.26. The van der Waals surface area contributed by atoms with Crippen LogP contribution in [0.4, 0.5) is 0 Å². The summed E-state index contributed by atoms with van der Waals surface area (Å²) in [7, 11) is 1.45. The van der Waals surface area contributed by atoms with Crippen molar-refractivity contribution in [3.05, 3.63) is 56.5 Å². The fourth-order valence-electron chi connectivity index (χ4n) is 1.87. The maximum absolute atomic E-state index is 12.1. The number of methoxy groups -OCH3 is 1. The minimum Gasteiger partial charge on any atom is -0.496 e. The number of ether oxygens (including phenoxy) is 2. The third-order valence-electron chi connectivity index (χ3n) is 2.98. The number of carbonyl (C=O) groups excluding carboxylic acids is 2. The van der Waals surface area contributed by atoms with Gasteiger partial charge in [-0.25, -0.2) is 0 Å². The molecule has 0 aliphatic rings. The summed E-state index contributed by atoms with van der Waals surface area (Å²) >= 11 is 15.1. The summed E-state index contributed by atoms with van der Waals surface area (Å²) in [5.41, 5.74) is 4.82. The predicted molar refractivity (Wildman–Crippen MR) is 98.3 cm³/mol. The molecular weight excluding hydrogens is 435 g/mol. The van der Waals surface area contributed by atoms with Gasteiger partial charge in [-0.15, -0.1) is 0 Å². The molecule has 2 amide bonds. The Balaban J connectivity index is 1.90. The average Bonchev–Trinajstić information content (AvgIpc) is 2.58. The molecule has 0 aromatic heterocycles. The summed E-state index contributed by atoms with van der Waals surface area (Å²) in [4.78, 5) is 23.9. The van der Waals surface area contributed by atoms with Gasteiger partial charge in [0, 0.05) is 5.02 Å². The standard InChI is InChI=1S/C16H13BrCl2N2O4/c1-24-13-5-3-2-4-10(13)16(23)21-20-14(22)8-25-15-11(17)6-9(18)7-12(15)19/h2-7H,8H2,1H3,(H,20,22)(H,21,23). The highest BCUT2D eigenvalue weighted by molar-refractivity contribution is 9.10. The van der Waals surface area contributed by atoms with Crippen molar-refractivity contribution < 1.29 is 19.1 Å². The normalized spacial score (nSPS) is 10.1. The van der Waals surface area contributed by atoms with Crippen LogP contribution in [0.1, 0.15) is 10.4 Å². The fourth-order valence-corrected chi connectivity index (χ4v) is 3.24. The average molecular weight is 448 g/mol. The monoisotopic (exact) mass is 446 g/mol. The smallest absolute Gasteiger partial charge is 0.276 e. The summed E-state index contributed by atoms with van der Waals surface area (Å²) in [5.74, 6) is -0.419. The lowest BCUT2D eigenvalue weighted by atomic mass is 10.2. The molecule has 0 aliphatic heterocycles. The highest BCUT2D eigenvalue weighted by atomic mass is 79.9. The zero-order valence-corrected chi connectivity index (χ0v) is 16.0. The van der Waals surface area contributed by atoms with Crippen LogP contribution in [0, 0.1) is 0 Å². The third-order valence-corrected chi connectivity index (χ3v) is 4.07. The Morgan fingerprint density at radius 1 is 1.16 bits per heavy atom. The number of hydrogen-bond acceptors (Lipinski definition) is 4. The number of rotatable bonds is 5. The van der Waals surface area contributed by atoms with E-state index in [9.17, 15) is 9.59 Å². The maximum Gasteiger partial charge on any atom is 0.276 e. The van der Waals surface area contributed by atoms with E-state index in [1.165, 1.54) is 13.2 Å². The van der Waals surface area contributed by atoms with Gasteiger partial charge in [0.15, 0.2) is 12.4 Å². The van der Waals surface area contributed by atoms with Crippen molar-refractivity contribution >= 4 is 50.9 Å². The lowest BCUT2D eigenvalue weighted by Crippen LogP contribution is -2.43. The van der Waals surface area contributed by atoms with Crippen LogP contribution < -0.4 is 20.3 Å². The van der Waals surface area contributed by atoms with Crippen molar-refractivity contribution in [1.29, 1.82) is 0 Å². The molecular formula is C16H13BrCl2N2O4. The van der Waals surface area contributed by atoms with Gasteiger partial charge >= 0.3 is 0 Å². The number of benzene rings is 2. The highest BCUT2D eigenvalue weighted by Crippen LogP contribution is 2.35. The van der Waals surface area contributed by atoms with Gasteiger partial charge < -0.3 is 9.47 Å². The van der Waals surface area contributed by atoms with E-state index in [1.807, 2.05) is 0 Å². The molecule has 0 radical (unpaired) electrons. The zero-order valence-electron chi connectivity index (χ0n) is 12.9. The van der Waals surface area contributed by atoms with Crippen LogP contribution in [0.2, 0.25) is 10.0 Å². The van der Waals surface area contributed by atoms with E-state index in [0.717, 1.165) is 0 Å². The van der Waals surface area contributed by atoms with Gasteiger partial charge in [-0.2, -0.15) is 0 Å². The van der Waals surface area contributed by atoms with Gasteiger partial charge in [-0.3, -0.25) is 20.4 Å². The van der Waals surface area contributed by atoms with Crippen LogP contribution in [0.15, 0.2) is 40.9 Å². The molecule has 9 heteroatoms. The Labute approximate surface area is 162 Å². The lowest BCUT2D eigenvalue weighted by Gasteiger charge is -2.12. The molecule has 25 heavy (non-hydrogen) atoms. The molecule has 132 valence electrons. The van der Waals surface area contributed by atoms with E-state index < -0.39 is 11.8 Å². The van der Waals surface area contributed by atoms with E-state index in [-0.39, 0.29) is 22.9 Å². The van der Waals surface area contributed by atoms with Gasteiger partial charge in [0.2, 0.25) is 0 Å². The summed E-state index contributed by atoms with van der Waals surface area (Å²) < 4.78 is 10.9. The van der Waals surface area contributed by atoms with E-state index in [0.29, 0.717) is 15.2 Å². The lowest BCUT2D eigenvalue weighted by molar-refractivity contribution is -0.123. The van der Waals surface area contributed by atoms with Crippen LogP contribution in [-0.4, -0.2) is 25.5 Å². The molecule has 0 atom stereocenters. The Morgan fingerprint density at radius 2 is 1.88 bits per heavy atom. The van der Waals surface area contributed by atoms with Crippen LogP contribution >= 0.6 is 39.1 Å². The fraction of sp³-hybridized carbons (Fsp3) is 0.125. The Kier molecular flexibility index (Phi) is 6.92. The molecule has 2 aromatic carbocycles. The maximum atomic E-state index is 12.1. The van der Waals surface area contributed by atoms with Gasteiger partial charge in [-0.05, 0) is 40.2 Å². The summed E-state index contributed by atoms with van der Waals surface area (Å²) in [6.07, 6.45) is 0. The number of para-hydroxylation sites is 1. The van der Waals surface area contributed by atoms with Crippen molar-refractivity contribution in [3.8, 4) is 11.5 Å². The first-order valence-corrected chi connectivity index (χ1v) is 8.46. The van der Waals surface area contributed by atoms with Crippen molar-refractivity contribution in [2.24, 2.45) is 0 Å². The van der Waals surface area contributed by atoms with Gasteiger partial charge in [0.1, 0.15) is 5.75 Å². The van der Waals surface area contributed by atoms with Gasteiger partial charge in [0.05, 0.1) is 22.2 Å². The summed E-state index contributed by atoms with van der Waals surface area (Å²) in [6.45, 7) is -0.355. The first-order chi connectivity index (χ1) is 11.9. The summed E-state index contributed by atoms with van der Waals surface area (Å²) in [5, 5.41) is 0.683. The molecule has 6 nitrogen and oxygen atoms in total. The van der Waals surface area contributed by atoms with Gasteiger partial charge in [0.25, 0.3) is 11.8 Å². The minimum atomic E-state index is -0.568. The van der Waals surface area contributed by atoms with Crippen LogP contribution in [0.3, 0.4) is 0 Å². The predicted octanol–water partition coefficient (Wildman–Crippen LogP) is 3.60. The molecule has 0 aliphatic carbocycles. The summed E-state index contributed by atoms with van der Waals surface area (Å²) in [6, 6.07) is 9.70. The van der Waals surface area contributed by atoms with E-state index in [4.69, 9.17) is 32.7 Å². The van der Waals surface area contributed by atoms with Gasteiger partial charge in [-0.1, -0.05) is 35.3 Å². The Morgan fingerprint density at radius 3 is 2.56 bits per heavy atom. The van der Waals surface area contributed by atoms with Crippen molar-refractivity contribution in [1.82, 2.24) is 10.9 Å². The second-order valence-corrected chi connectivity index (χ2v) is 6.39. The number of amides is 2. The molecule has 0 saturated heterocycles. The Bertz CT molecular complexity index is 778. The minimum absolute atomic E-state index is 0.255. The molecule has 0 bridgehead atoms. The number of hydrazine groups is 1. The molecule has 2 N–H and O–H groups in total. The first-order valence-electron chi connectivity index (χ1n) is 6.92. The topological polar surface area (TPSA) is 76.7 Å². The van der Waals surface area contributed by atoms with Crippen LogP contribution in [0.5, 0.6) is 11.5 Å². The molecule has 0 spiro atoms. The molecule has 0 heterocycles. The van der Waals surface area contributed by atoms with Crippen molar-refractivity contribution in [2.45, 2.75) is 0 Å². The van der Waals surface area contributed by atoms with Crippen LogP contribution in [-0.2, 0) is 4.79 Å². The highest BCUT2D eigenvalue weighted by Gasteiger charge is 2.14. The van der Waals surface area contributed by atoms with Crippen LogP contribution in [0.25, 0.3) is 0 Å². The zero-order chi connectivity index (χ0) is 18.4. The number of nitrogens with one attached hydrogen (secondary N) is 2. The molecule has 0 fully saturated rings. The second-order valence-electron chi connectivity index (χ2n) is 4.69. The SMILES string of the molecule is COc1ccccc1C(=O)NNC(=O)COc1c(Cl)cc(Cl)cc1Br. The molecule has 2 rings (SSSR count). The largest absolute Gasteiger partial charge is 0.496 e. The van der Waals surface area contributed by atoms with E-state index >= 15 is 0 Å². The number of hydrogen-bond donors (Lipinski definition) is 2. The first kappa shape index (κ1) is 19.4. The number of halogens is 3. The molecule has 0 unspecified atom stereocenters. The van der Waals surface area contributed by atoms with Crippen molar-refractivity contribution in [3.63, 3.8) is 0 Å². The molecule has 2 aromatic rings. The second kappa shape index (κ2) is 8.94. The van der Waals surface area contributed by atoms with E-state index in [2.05, 4.69) is 26.8 Å². The quantitative estimate of drug-likeness (QED) is 0.686. The van der Waals surface area contributed by atoms with E-state index in [1.54, 1.807) is 30.3 Å². The van der Waals surface area contributed by atoms with Crippen molar-refractivity contribution in [2.75, 3.05) is 13.7 Å². The number of carbonyl (C=O) groups is 2. The molecule has 0 saturated carbocycles. The Hall–Kier alpha value is -1.96.